The fourth-order valence-corrected chi connectivity index (χ4v) is 2.81. The summed E-state index contributed by atoms with van der Waals surface area (Å²) in [5, 5.41) is 2.84. The number of anilines is 1. The Labute approximate surface area is 158 Å². The maximum absolute atomic E-state index is 13.2. The van der Waals surface area contributed by atoms with Crippen molar-refractivity contribution in [3.05, 3.63) is 59.9 Å². The van der Waals surface area contributed by atoms with Crippen LogP contribution in [0.15, 0.2) is 48.5 Å². The predicted molar refractivity (Wildman–Crippen MR) is 100 cm³/mol. The third-order valence-electron chi connectivity index (χ3n) is 4.32. The van der Waals surface area contributed by atoms with Crippen molar-refractivity contribution in [2.75, 3.05) is 18.5 Å². The summed E-state index contributed by atoms with van der Waals surface area (Å²) in [5.41, 5.74) is 1.53. The number of ether oxygens (including phenoxy) is 3. The molecule has 0 saturated carbocycles. The molecular formula is C21H24FNO4. The molecule has 144 valence electrons. The van der Waals surface area contributed by atoms with Crippen LogP contribution in [0, 0.1) is 5.82 Å². The molecule has 2 unspecified atom stereocenters. The zero-order valence-electron chi connectivity index (χ0n) is 15.3. The fraction of sp³-hybridized carbons (Fsp3) is 0.381. The highest BCUT2D eigenvalue weighted by molar-refractivity contribution is 5.93. The number of benzene rings is 2. The minimum absolute atomic E-state index is 0.0866. The Kier molecular flexibility index (Phi) is 6.79. The molecule has 1 amide bonds. The van der Waals surface area contributed by atoms with Crippen molar-refractivity contribution in [1.29, 1.82) is 0 Å². The van der Waals surface area contributed by atoms with Crippen LogP contribution in [0.1, 0.15) is 25.3 Å². The highest BCUT2D eigenvalue weighted by Gasteiger charge is 2.20. The lowest BCUT2D eigenvalue weighted by Gasteiger charge is -2.16. The van der Waals surface area contributed by atoms with Gasteiger partial charge in [0.05, 0.1) is 12.7 Å². The Bertz CT molecular complexity index is 761. The Hall–Kier alpha value is -2.44. The van der Waals surface area contributed by atoms with E-state index in [1.165, 1.54) is 12.1 Å². The molecule has 2 aromatic carbocycles. The number of hydrogen-bond acceptors (Lipinski definition) is 4. The van der Waals surface area contributed by atoms with Gasteiger partial charge in [0.25, 0.3) is 5.91 Å². The van der Waals surface area contributed by atoms with Crippen LogP contribution >= 0.6 is 0 Å². The first-order chi connectivity index (χ1) is 13.1. The van der Waals surface area contributed by atoms with Gasteiger partial charge in [-0.2, -0.15) is 0 Å². The molecule has 0 radical (unpaired) electrons. The van der Waals surface area contributed by atoms with Crippen LogP contribution in [0.5, 0.6) is 5.75 Å². The lowest BCUT2D eigenvalue weighted by molar-refractivity contribution is -0.128. The largest absolute Gasteiger partial charge is 0.489 e. The van der Waals surface area contributed by atoms with E-state index in [2.05, 4.69) is 5.32 Å². The topological polar surface area (TPSA) is 56.8 Å². The SMILES string of the molecule is CC(OCC1CCCO1)C(=O)Nc1cccc(COc2cccc(F)c2)c1. The normalized spacial score (nSPS) is 17.5. The molecule has 27 heavy (non-hydrogen) atoms. The second-order valence-electron chi connectivity index (χ2n) is 6.55. The molecule has 1 heterocycles. The monoisotopic (exact) mass is 373 g/mol. The first-order valence-corrected chi connectivity index (χ1v) is 9.11. The molecule has 1 fully saturated rings. The Morgan fingerprint density at radius 1 is 1.30 bits per heavy atom. The lowest BCUT2D eigenvalue weighted by Crippen LogP contribution is -2.30. The summed E-state index contributed by atoms with van der Waals surface area (Å²) in [6.45, 7) is 3.19. The summed E-state index contributed by atoms with van der Waals surface area (Å²) in [7, 11) is 0. The molecule has 2 aromatic rings. The molecular weight excluding hydrogens is 349 g/mol. The van der Waals surface area contributed by atoms with Crippen molar-refractivity contribution in [1.82, 2.24) is 0 Å². The fourth-order valence-electron chi connectivity index (χ4n) is 2.81. The van der Waals surface area contributed by atoms with Crippen LogP contribution in [-0.4, -0.2) is 31.3 Å². The van der Waals surface area contributed by atoms with Crippen molar-refractivity contribution in [3.8, 4) is 5.75 Å². The summed E-state index contributed by atoms with van der Waals surface area (Å²) in [5.74, 6) is -0.0951. The Morgan fingerprint density at radius 3 is 2.93 bits per heavy atom. The number of carbonyl (C=O) groups is 1. The second kappa shape index (κ2) is 9.48. The molecule has 2 atom stereocenters. The predicted octanol–water partition coefficient (Wildman–Crippen LogP) is 3.93. The van der Waals surface area contributed by atoms with Crippen LogP contribution in [0.2, 0.25) is 0 Å². The molecule has 6 heteroatoms. The van der Waals surface area contributed by atoms with E-state index in [1.54, 1.807) is 25.1 Å². The van der Waals surface area contributed by atoms with E-state index in [0.29, 0.717) is 18.0 Å². The standard InChI is InChI=1S/C21H24FNO4/c1-15(26-14-20-9-4-10-25-20)21(24)23-18-7-2-5-16(11-18)13-27-19-8-3-6-17(22)12-19/h2-3,5-8,11-12,15,20H,4,9-10,13-14H2,1H3,(H,23,24). The molecule has 1 N–H and O–H groups in total. The van der Waals surface area contributed by atoms with Crippen LogP contribution < -0.4 is 10.1 Å². The van der Waals surface area contributed by atoms with E-state index in [1.807, 2.05) is 18.2 Å². The molecule has 0 bridgehead atoms. The number of carbonyl (C=O) groups excluding carboxylic acids is 1. The third-order valence-corrected chi connectivity index (χ3v) is 4.32. The maximum atomic E-state index is 13.2. The molecule has 1 saturated heterocycles. The first kappa shape index (κ1) is 19.3. The minimum atomic E-state index is -0.568. The summed E-state index contributed by atoms with van der Waals surface area (Å²) >= 11 is 0. The van der Waals surface area contributed by atoms with Crippen molar-refractivity contribution in [2.45, 2.75) is 38.6 Å². The lowest BCUT2D eigenvalue weighted by atomic mass is 10.2. The summed E-state index contributed by atoms with van der Waals surface area (Å²) < 4.78 is 29.9. The van der Waals surface area contributed by atoms with Crippen molar-refractivity contribution in [2.24, 2.45) is 0 Å². The third kappa shape index (κ3) is 6.05. The first-order valence-electron chi connectivity index (χ1n) is 9.11. The van der Waals surface area contributed by atoms with E-state index < -0.39 is 6.10 Å². The highest BCUT2D eigenvalue weighted by Crippen LogP contribution is 2.17. The van der Waals surface area contributed by atoms with Gasteiger partial charge in [-0.15, -0.1) is 0 Å². The smallest absolute Gasteiger partial charge is 0.253 e. The summed E-state index contributed by atoms with van der Waals surface area (Å²) in [6.07, 6.45) is 1.53. The van der Waals surface area contributed by atoms with Gasteiger partial charge in [-0.3, -0.25) is 4.79 Å². The Balaban J connectivity index is 1.49. The molecule has 1 aliphatic rings. The van der Waals surface area contributed by atoms with Crippen molar-refractivity contribution < 1.29 is 23.4 Å². The molecule has 0 spiro atoms. The number of halogens is 1. The number of nitrogens with one attached hydrogen (secondary N) is 1. The van der Waals surface area contributed by atoms with Gasteiger partial charge in [-0.25, -0.2) is 4.39 Å². The number of amides is 1. The summed E-state index contributed by atoms with van der Waals surface area (Å²) in [4.78, 5) is 12.3. The average Bonchev–Trinajstić information content (AvgIpc) is 3.18. The van der Waals surface area contributed by atoms with Crippen molar-refractivity contribution >= 4 is 11.6 Å². The molecule has 0 aliphatic carbocycles. The van der Waals surface area contributed by atoms with Gasteiger partial charge < -0.3 is 19.5 Å². The molecule has 1 aliphatic heterocycles. The zero-order valence-corrected chi connectivity index (χ0v) is 15.3. The van der Waals surface area contributed by atoms with E-state index in [0.717, 1.165) is 25.0 Å². The van der Waals surface area contributed by atoms with Gasteiger partial charge >= 0.3 is 0 Å². The zero-order chi connectivity index (χ0) is 19.1. The van der Waals surface area contributed by atoms with Crippen LogP contribution in [-0.2, 0) is 20.9 Å². The molecule has 5 nitrogen and oxygen atoms in total. The second-order valence-corrected chi connectivity index (χ2v) is 6.55. The van der Waals surface area contributed by atoms with Gasteiger partial charge in [0, 0.05) is 18.4 Å². The van der Waals surface area contributed by atoms with E-state index in [9.17, 15) is 9.18 Å². The molecule has 0 aromatic heterocycles. The highest BCUT2D eigenvalue weighted by atomic mass is 19.1. The van der Waals surface area contributed by atoms with E-state index in [4.69, 9.17) is 14.2 Å². The van der Waals surface area contributed by atoms with Gasteiger partial charge in [-0.05, 0) is 49.6 Å². The molecule has 3 rings (SSSR count). The number of rotatable bonds is 8. The average molecular weight is 373 g/mol. The van der Waals surface area contributed by atoms with Gasteiger partial charge in [0.15, 0.2) is 0 Å². The van der Waals surface area contributed by atoms with E-state index >= 15 is 0 Å². The maximum Gasteiger partial charge on any atom is 0.253 e. The minimum Gasteiger partial charge on any atom is -0.489 e. The van der Waals surface area contributed by atoms with Crippen LogP contribution in [0.4, 0.5) is 10.1 Å². The van der Waals surface area contributed by atoms with Gasteiger partial charge in [0.1, 0.15) is 24.3 Å². The van der Waals surface area contributed by atoms with Crippen molar-refractivity contribution in [3.63, 3.8) is 0 Å². The Morgan fingerprint density at radius 2 is 2.15 bits per heavy atom. The van der Waals surface area contributed by atoms with Gasteiger partial charge in [0.2, 0.25) is 0 Å². The van der Waals surface area contributed by atoms with Crippen LogP contribution in [0.25, 0.3) is 0 Å². The van der Waals surface area contributed by atoms with Crippen LogP contribution in [0.3, 0.4) is 0 Å². The van der Waals surface area contributed by atoms with Gasteiger partial charge in [-0.1, -0.05) is 18.2 Å². The quantitative estimate of drug-likeness (QED) is 0.762. The van der Waals surface area contributed by atoms with E-state index in [-0.39, 0.29) is 24.4 Å². The summed E-state index contributed by atoms with van der Waals surface area (Å²) in [6, 6.07) is 13.3. The number of hydrogen-bond donors (Lipinski definition) is 1.